The summed E-state index contributed by atoms with van der Waals surface area (Å²) in [6, 6.07) is 5.11. The van der Waals surface area contributed by atoms with Crippen LogP contribution in [0.1, 0.15) is 13.3 Å². The number of amides is 2. The van der Waals surface area contributed by atoms with Crippen LogP contribution in [-0.4, -0.2) is 61.4 Å². The standard InChI is InChI=1S/C18H24ClN3O3/c1-3-21-6-8-22(9-7-21)18(24)14-11-13(14)17(23)20-12-4-5-16(25-2)15(19)10-12/h4-5,10,13-14H,3,6-9,11H2,1-2H3,(H,20,23). The quantitative estimate of drug-likeness (QED) is 0.867. The molecule has 2 fully saturated rings. The van der Waals surface area contributed by atoms with Gasteiger partial charge in [-0.25, -0.2) is 0 Å². The van der Waals surface area contributed by atoms with E-state index in [0.717, 1.165) is 32.7 Å². The minimum atomic E-state index is -0.238. The summed E-state index contributed by atoms with van der Waals surface area (Å²) in [7, 11) is 1.54. The normalized spacial score (nSPS) is 23.2. The van der Waals surface area contributed by atoms with E-state index in [4.69, 9.17) is 16.3 Å². The summed E-state index contributed by atoms with van der Waals surface area (Å²) in [6.45, 7) is 6.48. The van der Waals surface area contributed by atoms with E-state index in [-0.39, 0.29) is 23.7 Å². The number of hydrogen-bond acceptors (Lipinski definition) is 4. The molecule has 1 aromatic carbocycles. The van der Waals surface area contributed by atoms with Gasteiger partial charge in [-0.3, -0.25) is 9.59 Å². The lowest BCUT2D eigenvalue weighted by molar-refractivity contribution is -0.135. The van der Waals surface area contributed by atoms with Crippen molar-refractivity contribution in [2.75, 3.05) is 45.2 Å². The first-order valence-electron chi connectivity index (χ1n) is 8.69. The highest BCUT2D eigenvalue weighted by Crippen LogP contribution is 2.41. The molecule has 1 aliphatic heterocycles. The molecule has 6 nitrogen and oxygen atoms in total. The zero-order chi connectivity index (χ0) is 18.0. The van der Waals surface area contributed by atoms with Crippen molar-refractivity contribution < 1.29 is 14.3 Å². The summed E-state index contributed by atoms with van der Waals surface area (Å²) in [5, 5.41) is 3.28. The van der Waals surface area contributed by atoms with E-state index in [1.54, 1.807) is 25.3 Å². The lowest BCUT2D eigenvalue weighted by atomic mass is 10.2. The highest BCUT2D eigenvalue weighted by Gasteiger charge is 2.49. The van der Waals surface area contributed by atoms with Crippen molar-refractivity contribution in [1.82, 2.24) is 9.80 Å². The molecular weight excluding hydrogens is 342 g/mol. The smallest absolute Gasteiger partial charge is 0.228 e. The second-order valence-corrected chi connectivity index (χ2v) is 6.95. The maximum Gasteiger partial charge on any atom is 0.228 e. The first-order valence-corrected chi connectivity index (χ1v) is 9.06. The van der Waals surface area contributed by atoms with Crippen molar-refractivity contribution in [2.45, 2.75) is 13.3 Å². The molecule has 0 radical (unpaired) electrons. The van der Waals surface area contributed by atoms with E-state index in [1.807, 2.05) is 4.90 Å². The summed E-state index contributed by atoms with van der Waals surface area (Å²) < 4.78 is 5.10. The molecule has 3 rings (SSSR count). The number of methoxy groups -OCH3 is 1. The minimum Gasteiger partial charge on any atom is -0.495 e. The van der Waals surface area contributed by atoms with Crippen molar-refractivity contribution >= 4 is 29.1 Å². The average molecular weight is 366 g/mol. The van der Waals surface area contributed by atoms with Crippen LogP contribution in [0.3, 0.4) is 0 Å². The Morgan fingerprint density at radius 3 is 2.56 bits per heavy atom. The first-order chi connectivity index (χ1) is 12.0. The molecule has 25 heavy (non-hydrogen) atoms. The van der Waals surface area contributed by atoms with E-state index in [9.17, 15) is 9.59 Å². The maximum atomic E-state index is 12.6. The number of halogens is 1. The Morgan fingerprint density at radius 2 is 1.96 bits per heavy atom. The second kappa shape index (κ2) is 7.62. The van der Waals surface area contributed by atoms with Gasteiger partial charge in [-0.2, -0.15) is 0 Å². The zero-order valence-electron chi connectivity index (χ0n) is 14.6. The van der Waals surface area contributed by atoms with E-state index < -0.39 is 0 Å². The number of carbonyl (C=O) groups is 2. The fraction of sp³-hybridized carbons (Fsp3) is 0.556. The fourth-order valence-corrected chi connectivity index (χ4v) is 3.51. The van der Waals surface area contributed by atoms with Gasteiger partial charge >= 0.3 is 0 Å². The Labute approximate surface area is 153 Å². The van der Waals surface area contributed by atoms with Gasteiger partial charge in [-0.15, -0.1) is 0 Å². The Balaban J connectivity index is 1.52. The highest BCUT2D eigenvalue weighted by atomic mass is 35.5. The van der Waals surface area contributed by atoms with Crippen LogP contribution in [0.15, 0.2) is 18.2 Å². The van der Waals surface area contributed by atoms with Crippen molar-refractivity contribution in [3.63, 3.8) is 0 Å². The second-order valence-electron chi connectivity index (χ2n) is 6.55. The molecule has 1 saturated carbocycles. The number of anilines is 1. The largest absolute Gasteiger partial charge is 0.495 e. The van der Waals surface area contributed by atoms with Gasteiger partial charge in [0, 0.05) is 31.9 Å². The Morgan fingerprint density at radius 1 is 1.24 bits per heavy atom. The number of nitrogens with zero attached hydrogens (tertiary/aromatic N) is 2. The highest BCUT2D eigenvalue weighted by molar-refractivity contribution is 6.32. The first kappa shape index (κ1) is 18.0. The summed E-state index contributed by atoms with van der Waals surface area (Å²) in [5.74, 6) is 0.139. The molecule has 1 N–H and O–H groups in total. The predicted octanol–water partition coefficient (Wildman–Crippen LogP) is 2.09. The monoisotopic (exact) mass is 365 g/mol. The third-order valence-corrected chi connectivity index (χ3v) is 5.29. The van der Waals surface area contributed by atoms with Crippen LogP contribution < -0.4 is 10.1 Å². The Hall–Kier alpha value is -1.79. The zero-order valence-corrected chi connectivity index (χ0v) is 15.4. The number of piperazine rings is 1. The summed E-state index contributed by atoms with van der Waals surface area (Å²) in [6.07, 6.45) is 0.628. The molecule has 2 unspecified atom stereocenters. The number of rotatable bonds is 5. The molecule has 136 valence electrons. The number of nitrogens with one attached hydrogen (secondary N) is 1. The molecule has 2 amide bonds. The molecule has 2 aliphatic rings. The van der Waals surface area contributed by atoms with E-state index in [0.29, 0.717) is 22.9 Å². The molecule has 1 saturated heterocycles. The van der Waals surface area contributed by atoms with Crippen molar-refractivity contribution in [2.24, 2.45) is 11.8 Å². The van der Waals surface area contributed by atoms with E-state index in [2.05, 4.69) is 17.1 Å². The van der Waals surface area contributed by atoms with Gasteiger partial charge in [0.1, 0.15) is 5.75 Å². The van der Waals surface area contributed by atoms with E-state index >= 15 is 0 Å². The molecule has 1 heterocycles. The molecule has 0 bridgehead atoms. The number of hydrogen-bond donors (Lipinski definition) is 1. The predicted molar refractivity (Wildman–Crippen MR) is 96.9 cm³/mol. The molecule has 0 spiro atoms. The molecule has 1 aliphatic carbocycles. The van der Waals surface area contributed by atoms with Crippen molar-refractivity contribution in [3.8, 4) is 5.75 Å². The van der Waals surface area contributed by atoms with E-state index in [1.165, 1.54) is 0 Å². The van der Waals surface area contributed by atoms with Gasteiger partial charge in [-0.1, -0.05) is 18.5 Å². The molecule has 2 atom stereocenters. The Kier molecular flexibility index (Phi) is 5.49. The molecule has 0 aromatic heterocycles. The topological polar surface area (TPSA) is 61.9 Å². The minimum absolute atomic E-state index is 0.115. The molecule has 1 aromatic rings. The van der Waals surface area contributed by atoms with Crippen LogP contribution in [0.25, 0.3) is 0 Å². The van der Waals surface area contributed by atoms with Crippen LogP contribution in [0, 0.1) is 11.8 Å². The van der Waals surface area contributed by atoms with Crippen LogP contribution in [0.5, 0.6) is 5.75 Å². The van der Waals surface area contributed by atoms with Gasteiger partial charge in [0.2, 0.25) is 11.8 Å². The summed E-state index contributed by atoms with van der Waals surface area (Å²) in [4.78, 5) is 29.1. The van der Waals surface area contributed by atoms with Gasteiger partial charge in [0.05, 0.1) is 24.0 Å². The molecular formula is C18H24ClN3O3. The van der Waals surface area contributed by atoms with Gasteiger partial charge in [0.25, 0.3) is 0 Å². The van der Waals surface area contributed by atoms with Crippen LogP contribution in [0.2, 0.25) is 5.02 Å². The lowest BCUT2D eigenvalue weighted by Gasteiger charge is -2.34. The maximum absolute atomic E-state index is 12.6. The number of likely N-dealkylation sites (N-methyl/N-ethyl adjacent to an activating group) is 1. The van der Waals surface area contributed by atoms with Crippen LogP contribution in [0.4, 0.5) is 5.69 Å². The van der Waals surface area contributed by atoms with Crippen molar-refractivity contribution in [1.29, 1.82) is 0 Å². The SMILES string of the molecule is CCN1CCN(C(=O)C2CC2C(=O)Nc2ccc(OC)c(Cl)c2)CC1. The molecule has 7 heteroatoms. The summed E-state index contributed by atoms with van der Waals surface area (Å²) in [5.41, 5.74) is 0.616. The van der Waals surface area contributed by atoms with Gasteiger partial charge < -0.3 is 19.9 Å². The van der Waals surface area contributed by atoms with Gasteiger partial charge in [-0.05, 0) is 31.2 Å². The average Bonchev–Trinajstić information content (AvgIpc) is 3.42. The third-order valence-electron chi connectivity index (χ3n) is 4.99. The number of carbonyl (C=O) groups excluding carboxylic acids is 2. The van der Waals surface area contributed by atoms with Gasteiger partial charge in [0.15, 0.2) is 0 Å². The van der Waals surface area contributed by atoms with Crippen molar-refractivity contribution in [3.05, 3.63) is 23.2 Å². The Bertz CT molecular complexity index is 659. The van der Waals surface area contributed by atoms with Crippen LogP contribution >= 0.6 is 11.6 Å². The number of benzene rings is 1. The third kappa shape index (κ3) is 4.07. The van der Waals surface area contributed by atoms with Crippen LogP contribution in [-0.2, 0) is 9.59 Å². The fourth-order valence-electron chi connectivity index (χ4n) is 3.26. The number of ether oxygens (including phenoxy) is 1. The lowest BCUT2D eigenvalue weighted by Crippen LogP contribution is -2.49. The summed E-state index contributed by atoms with van der Waals surface area (Å²) >= 11 is 6.07.